The molecule has 1 aromatic carbocycles. The predicted octanol–water partition coefficient (Wildman–Crippen LogP) is 2.31. The molecule has 0 aliphatic heterocycles. The molecule has 0 radical (unpaired) electrons. The topological polar surface area (TPSA) is 34.0 Å². The van der Waals surface area contributed by atoms with Crippen molar-refractivity contribution < 1.29 is 9.18 Å². The van der Waals surface area contributed by atoms with Crippen LogP contribution >= 0.6 is 0 Å². The van der Waals surface area contributed by atoms with Gasteiger partial charge in [0.25, 0.3) is 0 Å². The minimum Gasteiger partial charge on any atom is -0.351 e. The number of benzene rings is 1. The van der Waals surface area contributed by atoms with Gasteiger partial charge in [0.05, 0.1) is 13.1 Å². The van der Waals surface area contributed by atoms with Crippen LogP contribution in [0.3, 0.4) is 0 Å². The zero-order valence-corrected chi connectivity index (χ0v) is 10.2. The van der Waals surface area contributed by atoms with Gasteiger partial charge in [-0.1, -0.05) is 18.2 Å². The standard InChI is InChI=1S/C14H15FN2O/c1-11(18)16-9-13-6-4-8-17(13)10-12-5-2-3-7-14(12)15/h2-8H,9-10H2,1H3,(H,16,18). The number of amides is 1. The number of hydrogen-bond donors (Lipinski definition) is 1. The molecule has 0 spiro atoms. The fourth-order valence-electron chi connectivity index (χ4n) is 1.79. The van der Waals surface area contributed by atoms with Gasteiger partial charge in [-0.05, 0) is 18.2 Å². The van der Waals surface area contributed by atoms with Crippen LogP contribution < -0.4 is 5.32 Å². The maximum absolute atomic E-state index is 13.5. The number of carbonyl (C=O) groups is 1. The molecular weight excluding hydrogens is 231 g/mol. The number of carbonyl (C=O) groups excluding carboxylic acids is 1. The van der Waals surface area contributed by atoms with Gasteiger partial charge in [-0.3, -0.25) is 4.79 Å². The van der Waals surface area contributed by atoms with Gasteiger partial charge in [-0.2, -0.15) is 0 Å². The second-order valence-electron chi connectivity index (χ2n) is 4.13. The van der Waals surface area contributed by atoms with Crippen LogP contribution in [-0.2, 0) is 17.9 Å². The van der Waals surface area contributed by atoms with E-state index in [1.165, 1.54) is 13.0 Å². The number of rotatable bonds is 4. The number of nitrogens with zero attached hydrogens (tertiary/aromatic N) is 1. The lowest BCUT2D eigenvalue weighted by molar-refractivity contribution is -0.119. The molecule has 0 bridgehead atoms. The Bertz CT molecular complexity index is 548. The second kappa shape index (κ2) is 5.49. The van der Waals surface area contributed by atoms with Crippen LogP contribution in [0.25, 0.3) is 0 Å². The Morgan fingerprint density at radius 3 is 2.78 bits per heavy atom. The molecular formula is C14H15FN2O. The Morgan fingerprint density at radius 1 is 1.28 bits per heavy atom. The summed E-state index contributed by atoms with van der Waals surface area (Å²) < 4.78 is 15.5. The van der Waals surface area contributed by atoms with E-state index in [1.807, 2.05) is 29.0 Å². The van der Waals surface area contributed by atoms with E-state index >= 15 is 0 Å². The molecule has 2 rings (SSSR count). The molecule has 2 aromatic rings. The van der Waals surface area contributed by atoms with Crippen molar-refractivity contribution in [3.8, 4) is 0 Å². The molecule has 0 saturated heterocycles. The minimum absolute atomic E-state index is 0.0753. The third-order valence-corrected chi connectivity index (χ3v) is 2.74. The summed E-state index contributed by atoms with van der Waals surface area (Å²) in [5.41, 5.74) is 1.59. The zero-order valence-electron chi connectivity index (χ0n) is 10.2. The summed E-state index contributed by atoms with van der Waals surface area (Å²) in [6, 6.07) is 10.5. The Kier molecular flexibility index (Phi) is 3.77. The Balaban J connectivity index is 2.12. The van der Waals surface area contributed by atoms with E-state index in [9.17, 15) is 9.18 Å². The first-order valence-corrected chi connectivity index (χ1v) is 5.78. The summed E-state index contributed by atoms with van der Waals surface area (Å²) in [5, 5.41) is 2.74. The Morgan fingerprint density at radius 2 is 2.06 bits per heavy atom. The van der Waals surface area contributed by atoms with Crippen molar-refractivity contribution in [2.75, 3.05) is 0 Å². The van der Waals surface area contributed by atoms with Crippen LogP contribution in [0.4, 0.5) is 4.39 Å². The summed E-state index contributed by atoms with van der Waals surface area (Å²) in [7, 11) is 0. The summed E-state index contributed by atoms with van der Waals surface area (Å²) in [6.45, 7) is 2.40. The fraction of sp³-hybridized carbons (Fsp3) is 0.214. The molecule has 0 atom stereocenters. The van der Waals surface area contributed by atoms with Crippen LogP contribution in [-0.4, -0.2) is 10.5 Å². The van der Waals surface area contributed by atoms with Gasteiger partial charge in [0.2, 0.25) is 5.91 Å². The minimum atomic E-state index is -0.211. The van der Waals surface area contributed by atoms with E-state index in [-0.39, 0.29) is 11.7 Å². The number of hydrogen-bond acceptors (Lipinski definition) is 1. The van der Waals surface area contributed by atoms with Gasteiger partial charge in [0.1, 0.15) is 5.82 Å². The Hall–Kier alpha value is -2.10. The smallest absolute Gasteiger partial charge is 0.217 e. The van der Waals surface area contributed by atoms with Crippen molar-refractivity contribution in [1.29, 1.82) is 0 Å². The van der Waals surface area contributed by atoms with Crippen molar-refractivity contribution in [2.24, 2.45) is 0 Å². The lowest BCUT2D eigenvalue weighted by atomic mass is 10.2. The molecule has 1 amide bonds. The average molecular weight is 246 g/mol. The number of halogens is 1. The quantitative estimate of drug-likeness (QED) is 0.882. The van der Waals surface area contributed by atoms with Gasteiger partial charge < -0.3 is 9.88 Å². The third kappa shape index (κ3) is 2.97. The van der Waals surface area contributed by atoms with Crippen molar-refractivity contribution >= 4 is 5.91 Å². The third-order valence-electron chi connectivity index (χ3n) is 2.74. The first-order chi connectivity index (χ1) is 8.66. The van der Waals surface area contributed by atoms with Crippen molar-refractivity contribution in [2.45, 2.75) is 20.0 Å². The second-order valence-corrected chi connectivity index (χ2v) is 4.13. The lowest BCUT2D eigenvalue weighted by Crippen LogP contribution is -2.21. The summed E-state index contributed by atoms with van der Waals surface area (Å²) in [5.74, 6) is -0.287. The maximum Gasteiger partial charge on any atom is 0.217 e. The molecule has 3 nitrogen and oxygen atoms in total. The maximum atomic E-state index is 13.5. The summed E-state index contributed by atoms with van der Waals surface area (Å²) in [4.78, 5) is 10.9. The fourth-order valence-corrected chi connectivity index (χ4v) is 1.79. The monoisotopic (exact) mass is 246 g/mol. The van der Waals surface area contributed by atoms with Gasteiger partial charge in [-0.25, -0.2) is 4.39 Å². The molecule has 18 heavy (non-hydrogen) atoms. The molecule has 0 aliphatic rings. The molecule has 1 N–H and O–H groups in total. The van der Waals surface area contributed by atoms with E-state index in [0.717, 1.165) is 5.69 Å². The first kappa shape index (κ1) is 12.4. The summed E-state index contributed by atoms with van der Waals surface area (Å²) >= 11 is 0. The first-order valence-electron chi connectivity index (χ1n) is 5.78. The van der Waals surface area contributed by atoms with E-state index < -0.39 is 0 Å². The largest absolute Gasteiger partial charge is 0.351 e. The molecule has 1 aromatic heterocycles. The van der Waals surface area contributed by atoms with Crippen LogP contribution in [0.2, 0.25) is 0 Å². The molecule has 0 unspecified atom stereocenters. The van der Waals surface area contributed by atoms with Crippen molar-refractivity contribution in [1.82, 2.24) is 9.88 Å². The van der Waals surface area contributed by atoms with E-state index in [4.69, 9.17) is 0 Å². The molecule has 0 aliphatic carbocycles. The highest BCUT2D eigenvalue weighted by Crippen LogP contribution is 2.11. The molecule has 4 heteroatoms. The van der Waals surface area contributed by atoms with Crippen LogP contribution in [0, 0.1) is 5.82 Å². The van der Waals surface area contributed by atoms with E-state index in [0.29, 0.717) is 18.7 Å². The predicted molar refractivity (Wildman–Crippen MR) is 67.5 cm³/mol. The highest BCUT2D eigenvalue weighted by molar-refractivity contribution is 5.72. The normalized spacial score (nSPS) is 10.3. The molecule has 94 valence electrons. The average Bonchev–Trinajstić information content (AvgIpc) is 2.77. The Labute approximate surface area is 105 Å². The SMILES string of the molecule is CC(=O)NCc1cccn1Cc1ccccc1F. The number of aromatic nitrogens is 1. The molecule has 1 heterocycles. The number of nitrogens with one attached hydrogen (secondary N) is 1. The molecule has 0 saturated carbocycles. The lowest BCUT2D eigenvalue weighted by Gasteiger charge is -2.10. The van der Waals surface area contributed by atoms with Crippen molar-refractivity contribution in [3.63, 3.8) is 0 Å². The van der Waals surface area contributed by atoms with Crippen LogP contribution in [0.15, 0.2) is 42.6 Å². The van der Waals surface area contributed by atoms with Crippen molar-refractivity contribution in [3.05, 3.63) is 59.7 Å². The zero-order chi connectivity index (χ0) is 13.0. The highest BCUT2D eigenvalue weighted by atomic mass is 19.1. The highest BCUT2D eigenvalue weighted by Gasteiger charge is 2.05. The molecule has 0 fully saturated rings. The van der Waals surface area contributed by atoms with E-state index in [1.54, 1.807) is 12.1 Å². The van der Waals surface area contributed by atoms with Gasteiger partial charge >= 0.3 is 0 Å². The van der Waals surface area contributed by atoms with Gasteiger partial charge in [0.15, 0.2) is 0 Å². The van der Waals surface area contributed by atoms with Gasteiger partial charge in [0, 0.05) is 24.4 Å². The van der Waals surface area contributed by atoms with E-state index in [2.05, 4.69) is 5.32 Å². The summed E-state index contributed by atoms with van der Waals surface area (Å²) in [6.07, 6.45) is 1.88. The van der Waals surface area contributed by atoms with Crippen LogP contribution in [0.5, 0.6) is 0 Å². The van der Waals surface area contributed by atoms with Gasteiger partial charge in [-0.15, -0.1) is 0 Å². The van der Waals surface area contributed by atoms with Crippen LogP contribution in [0.1, 0.15) is 18.2 Å².